The largest absolute Gasteiger partial charge is 0.472 e. The second-order valence-corrected chi connectivity index (χ2v) is 8.10. The van der Waals surface area contributed by atoms with Gasteiger partial charge in [0.15, 0.2) is 0 Å². The van der Waals surface area contributed by atoms with Gasteiger partial charge in [-0.2, -0.15) is 0 Å². The number of fused-ring (bicyclic) bond motifs is 1. The van der Waals surface area contributed by atoms with Crippen LogP contribution in [0.2, 0.25) is 0 Å². The molecule has 0 atom stereocenters. The van der Waals surface area contributed by atoms with Crippen LogP contribution in [0.15, 0.2) is 71.7 Å². The first-order valence-electron chi connectivity index (χ1n) is 10.6. The lowest BCUT2D eigenvalue weighted by atomic mass is 9.92. The van der Waals surface area contributed by atoms with Gasteiger partial charge in [0.05, 0.1) is 18.1 Å². The number of piperazine rings is 1. The van der Waals surface area contributed by atoms with Crippen LogP contribution in [0.3, 0.4) is 0 Å². The van der Waals surface area contributed by atoms with Crippen LogP contribution in [0.1, 0.15) is 15.9 Å². The highest BCUT2D eigenvalue weighted by Crippen LogP contribution is 2.30. The van der Waals surface area contributed by atoms with Crippen molar-refractivity contribution in [3.8, 4) is 11.1 Å². The first kappa shape index (κ1) is 20.1. The fraction of sp³-hybridized carbons (Fsp3) is 0.200. The maximum absolute atomic E-state index is 12.6. The lowest BCUT2D eigenvalue weighted by Crippen LogP contribution is -2.44. The first-order valence-corrected chi connectivity index (χ1v) is 10.6. The molecule has 0 spiro atoms. The molecular formula is C25H24N4O3. The Hall–Kier alpha value is -3.84. The Kier molecular flexibility index (Phi) is 5.25. The zero-order valence-corrected chi connectivity index (χ0v) is 17.8. The third-order valence-electron chi connectivity index (χ3n) is 6.00. The van der Waals surface area contributed by atoms with Crippen LogP contribution in [0.5, 0.6) is 0 Å². The minimum atomic E-state index is -0.423. The Morgan fingerprint density at radius 1 is 0.906 bits per heavy atom. The molecule has 0 radical (unpaired) electrons. The highest BCUT2D eigenvalue weighted by Gasteiger charge is 2.27. The average molecular weight is 428 g/mol. The van der Waals surface area contributed by atoms with E-state index in [1.165, 1.54) is 5.69 Å². The molecule has 32 heavy (non-hydrogen) atoms. The van der Waals surface area contributed by atoms with Crippen molar-refractivity contribution in [2.24, 2.45) is 0 Å². The van der Waals surface area contributed by atoms with Gasteiger partial charge in [-0.05, 0) is 55.1 Å². The Morgan fingerprint density at radius 2 is 1.69 bits per heavy atom. The van der Waals surface area contributed by atoms with E-state index in [-0.39, 0.29) is 0 Å². The van der Waals surface area contributed by atoms with Crippen LogP contribution in [-0.2, 0) is 4.79 Å². The summed E-state index contributed by atoms with van der Waals surface area (Å²) in [5.41, 5.74) is 5.29. The number of likely N-dealkylation sites (N-methyl/N-ethyl adjacent to an activating group) is 1. The number of carbonyl (C=O) groups excluding carboxylic acids is 2. The number of benzene rings is 2. The van der Waals surface area contributed by atoms with Crippen LogP contribution < -0.4 is 15.5 Å². The van der Waals surface area contributed by atoms with Crippen molar-refractivity contribution >= 4 is 28.8 Å². The van der Waals surface area contributed by atoms with Crippen molar-refractivity contribution in [3.05, 3.63) is 78.4 Å². The average Bonchev–Trinajstić information content (AvgIpc) is 3.35. The molecule has 5 rings (SSSR count). The Bertz CT molecular complexity index is 1170. The normalized spacial score (nSPS) is 17.9. The molecule has 1 aromatic heterocycles. The maximum atomic E-state index is 12.6. The molecule has 0 bridgehead atoms. The topological polar surface area (TPSA) is 77.8 Å². The van der Waals surface area contributed by atoms with Gasteiger partial charge in [-0.1, -0.05) is 6.07 Å². The lowest BCUT2D eigenvalue weighted by Gasteiger charge is -2.34. The molecule has 162 valence electrons. The monoisotopic (exact) mass is 428 g/mol. The number of hydrogen-bond donors (Lipinski definition) is 2. The Balaban J connectivity index is 1.39. The van der Waals surface area contributed by atoms with Gasteiger partial charge in [0, 0.05) is 60.4 Å². The van der Waals surface area contributed by atoms with E-state index in [1.807, 2.05) is 30.3 Å². The van der Waals surface area contributed by atoms with Gasteiger partial charge in [-0.15, -0.1) is 0 Å². The number of hydrogen-bond acceptors (Lipinski definition) is 6. The zero-order chi connectivity index (χ0) is 22.1. The molecule has 1 fully saturated rings. The van der Waals surface area contributed by atoms with Gasteiger partial charge in [0.2, 0.25) is 0 Å². The van der Waals surface area contributed by atoms with Crippen LogP contribution in [-0.4, -0.2) is 49.9 Å². The van der Waals surface area contributed by atoms with Crippen molar-refractivity contribution in [2.75, 3.05) is 43.4 Å². The van der Waals surface area contributed by atoms with Gasteiger partial charge in [-0.25, -0.2) is 0 Å². The fourth-order valence-electron chi connectivity index (χ4n) is 4.07. The molecule has 2 aliphatic rings. The summed E-state index contributed by atoms with van der Waals surface area (Å²) in [5, 5.41) is 5.63. The highest BCUT2D eigenvalue weighted by atomic mass is 16.3. The quantitative estimate of drug-likeness (QED) is 0.490. The molecule has 3 aromatic rings. The summed E-state index contributed by atoms with van der Waals surface area (Å²) in [6, 6.07) is 15.4. The van der Waals surface area contributed by atoms with Crippen molar-refractivity contribution in [1.82, 2.24) is 10.2 Å². The van der Waals surface area contributed by atoms with Crippen LogP contribution in [0.25, 0.3) is 16.7 Å². The van der Waals surface area contributed by atoms with Crippen molar-refractivity contribution in [3.63, 3.8) is 0 Å². The zero-order valence-electron chi connectivity index (χ0n) is 17.8. The summed E-state index contributed by atoms with van der Waals surface area (Å²) in [4.78, 5) is 29.6. The smallest absolute Gasteiger partial charge is 0.260 e. The third kappa shape index (κ3) is 3.90. The van der Waals surface area contributed by atoms with E-state index in [0.717, 1.165) is 43.0 Å². The molecule has 0 aliphatic carbocycles. The minimum Gasteiger partial charge on any atom is -0.472 e. The second-order valence-electron chi connectivity index (χ2n) is 8.10. The number of imide groups is 1. The van der Waals surface area contributed by atoms with Gasteiger partial charge in [0.1, 0.15) is 0 Å². The standard InChI is InChI=1S/C25H24N4O3/c1-28-9-11-29(12-10-28)20-5-3-19(4-6-20)26-15-23-22-14-17(18-8-13-32-16-18)2-7-21(22)24(30)27-25(23)31/h2-8,13-16,26H,9-12H2,1H3,(H,27,30,31)/b23-15-. The van der Waals surface area contributed by atoms with Crippen LogP contribution in [0.4, 0.5) is 11.4 Å². The van der Waals surface area contributed by atoms with E-state index in [0.29, 0.717) is 16.7 Å². The molecule has 7 heteroatoms. The predicted molar refractivity (Wildman–Crippen MR) is 124 cm³/mol. The van der Waals surface area contributed by atoms with E-state index in [4.69, 9.17) is 4.42 Å². The fourth-order valence-corrected chi connectivity index (χ4v) is 4.07. The number of furan rings is 1. The summed E-state index contributed by atoms with van der Waals surface area (Å²) >= 11 is 0. The summed E-state index contributed by atoms with van der Waals surface area (Å²) in [6.07, 6.45) is 4.89. The molecule has 2 aliphatic heterocycles. The van der Waals surface area contributed by atoms with E-state index < -0.39 is 11.8 Å². The van der Waals surface area contributed by atoms with E-state index in [1.54, 1.807) is 24.8 Å². The van der Waals surface area contributed by atoms with Crippen LogP contribution in [0, 0.1) is 0 Å². The second kappa shape index (κ2) is 8.36. The molecule has 2 N–H and O–H groups in total. The van der Waals surface area contributed by atoms with Gasteiger partial charge in [-0.3, -0.25) is 14.9 Å². The summed E-state index contributed by atoms with van der Waals surface area (Å²) in [6.45, 7) is 4.13. The summed E-state index contributed by atoms with van der Waals surface area (Å²) < 4.78 is 5.17. The highest BCUT2D eigenvalue weighted by molar-refractivity contribution is 6.31. The SMILES string of the molecule is CN1CCN(c2ccc(N/C=C3\C(=O)NC(=O)c4ccc(-c5ccoc5)cc43)cc2)CC1. The third-order valence-corrected chi connectivity index (χ3v) is 6.00. The van der Waals surface area contributed by atoms with Crippen molar-refractivity contribution in [1.29, 1.82) is 0 Å². The molecule has 0 saturated carbocycles. The van der Waals surface area contributed by atoms with Gasteiger partial charge >= 0.3 is 0 Å². The number of carbonyl (C=O) groups is 2. The Labute approximate surface area is 186 Å². The van der Waals surface area contributed by atoms with Crippen molar-refractivity contribution in [2.45, 2.75) is 0 Å². The summed E-state index contributed by atoms with van der Waals surface area (Å²) in [7, 11) is 2.14. The number of amides is 2. The van der Waals surface area contributed by atoms with Crippen molar-refractivity contribution < 1.29 is 14.0 Å². The number of rotatable bonds is 4. The maximum Gasteiger partial charge on any atom is 0.260 e. The molecule has 7 nitrogen and oxygen atoms in total. The number of nitrogens with zero attached hydrogens (tertiary/aromatic N) is 2. The molecule has 2 aromatic carbocycles. The number of anilines is 2. The van der Waals surface area contributed by atoms with E-state index >= 15 is 0 Å². The molecule has 3 heterocycles. The van der Waals surface area contributed by atoms with Crippen LogP contribution >= 0.6 is 0 Å². The van der Waals surface area contributed by atoms with E-state index in [2.05, 4.69) is 39.6 Å². The molecule has 1 saturated heterocycles. The van der Waals surface area contributed by atoms with E-state index in [9.17, 15) is 9.59 Å². The van der Waals surface area contributed by atoms with Gasteiger partial charge < -0.3 is 19.5 Å². The molecule has 0 unspecified atom stereocenters. The van der Waals surface area contributed by atoms with Gasteiger partial charge in [0.25, 0.3) is 11.8 Å². The number of nitrogens with one attached hydrogen (secondary N) is 2. The molecular weight excluding hydrogens is 404 g/mol. The minimum absolute atomic E-state index is 0.391. The first-order chi connectivity index (χ1) is 15.6. The summed E-state index contributed by atoms with van der Waals surface area (Å²) in [5.74, 6) is -0.814. The molecule has 2 amide bonds. The predicted octanol–water partition coefficient (Wildman–Crippen LogP) is 3.42. The Morgan fingerprint density at radius 3 is 2.41 bits per heavy atom. The lowest BCUT2D eigenvalue weighted by molar-refractivity contribution is -0.114.